The summed E-state index contributed by atoms with van der Waals surface area (Å²) >= 11 is 1.38. The van der Waals surface area contributed by atoms with Gasteiger partial charge in [-0.05, 0) is 42.1 Å². The van der Waals surface area contributed by atoms with E-state index in [-0.39, 0.29) is 0 Å². The molecular formula is C9H8N2OS. The zero-order valence-electron chi connectivity index (χ0n) is 6.90. The number of aliphatic hydroxyl groups is 1. The first kappa shape index (κ1) is 7.41. The summed E-state index contributed by atoms with van der Waals surface area (Å²) in [6.07, 6.45) is 1.74. The average molecular weight is 192 g/mol. The van der Waals surface area contributed by atoms with Gasteiger partial charge in [-0.15, -0.1) is 5.10 Å². The van der Waals surface area contributed by atoms with E-state index in [0.29, 0.717) is 0 Å². The minimum absolute atomic E-state index is 0.558. The molecule has 0 bridgehead atoms. The highest BCUT2D eigenvalue weighted by atomic mass is 32.1. The molecule has 3 nitrogen and oxygen atoms in total. The molecule has 1 aliphatic rings. The van der Waals surface area contributed by atoms with Crippen LogP contribution in [0.4, 0.5) is 0 Å². The van der Waals surface area contributed by atoms with Crippen molar-refractivity contribution < 1.29 is 5.11 Å². The Morgan fingerprint density at radius 2 is 2.23 bits per heavy atom. The Balaban J connectivity index is 2.20. The summed E-state index contributed by atoms with van der Waals surface area (Å²) < 4.78 is 4.93. The van der Waals surface area contributed by atoms with Gasteiger partial charge in [-0.3, -0.25) is 0 Å². The summed E-state index contributed by atoms with van der Waals surface area (Å²) in [5.41, 5.74) is 1.31. The molecular weight excluding hydrogens is 184 g/mol. The van der Waals surface area contributed by atoms with E-state index in [0.717, 1.165) is 28.6 Å². The van der Waals surface area contributed by atoms with Gasteiger partial charge in [0.15, 0.2) is 0 Å². The molecule has 0 radical (unpaired) electrons. The molecule has 1 N–H and O–H groups in total. The third-order valence-corrected chi connectivity index (χ3v) is 3.21. The average Bonchev–Trinajstić information content (AvgIpc) is 2.74. The van der Waals surface area contributed by atoms with Crippen molar-refractivity contribution in [3.05, 3.63) is 23.8 Å². The molecule has 2 aromatic rings. The Morgan fingerprint density at radius 1 is 1.38 bits per heavy atom. The molecule has 3 rings (SSSR count). The van der Waals surface area contributed by atoms with Gasteiger partial charge >= 0.3 is 0 Å². The van der Waals surface area contributed by atoms with Crippen LogP contribution in [0.15, 0.2) is 18.2 Å². The smallest absolute Gasteiger partial charge is 0.106 e. The van der Waals surface area contributed by atoms with E-state index in [2.05, 4.69) is 9.59 Å². The lowest BCUT2D eigenvalue weighted by Gasteiger charge is -2.06. The Labute approximate surface area is 79.2 Å². The number of rotatable bonds is 1. The molecule has 66 valence electrons. The van der Waals surface area contributed by atoms with Crippen molar-refractivity contribution in [2.75, 3.05) is 0 Å². The second-order valence-corrected chi connectivity index (χ2v) is 4.27. The predicted molar refractivity (Wildman–Crippen MR) is 50.5 cm³/mol. The summed E-state index contributed by atoms with van der Waals surface area (Å²) in [5, 5.41) is 13.8. The van der Waals surface area contributed by atoms with Crippen LogP contribution < -0.4 is 0 Å². The van der Waals surface area contributed by atoms with Gasteiger partial charge in [-0.2, -0.15) is 0 Å². The normalized spacial score (nSPS) is 19.2. The number of nitrogens with zero attached hydrogens (tertiary/aromatic N) is 2. The largest absolute Gasteiger partial charge is 0.385 e. The maximum atomic E-state index is 9.85. The molecule has 0 amide bonds. The fourth-order valence-corrected chi connectivity index (χ4v) is 2.02. The van der Waals surface area contributed by atoms with Crippen molar-refractivity contribution in [2.24, 2.45) is 0 Å². The third-order valence-electron chi connectivity index (χ3n) is 2.51. The van der Waals surface area contributed by atoms with Gasteiger partial charge in [-0.25, -0.2) is 0 Å². The van der Waals surface area contributed by atoms with Crippen LogP contribution in [-0.2, 0) is 5.60 Å². The topological polar surface area (TPSA) is 46.0 Å². The molecule has 1 heterocycles. The van der Waals surface area contributed by atoms with Gasteiger partial charge < -0.3 is 5.11 Å². The van der Waals surface area contributed by atoms with Crippen molar-refractivity contribution in [1.82, 2.24) is 9.59 Å². The van der Waals surface area contributed by atoms with Crippen molar-refractivity contribution in [3.8, 4) is 0 Å². The van der Waals surface area contributed by atoms with Crippen LogP contribution in [0, 0.1) is 0 Å². The second-order valence-electron chi connectivity index (χ2n) is 3.49. The first-order valence-electron chi connectivity index (χ1n) is 4.23. The zero-order chi connectivity index (χ0) is 8.89. The van der Waals surface area contributed by atoms with Gasteiger partial charge in [0.2, 0.25) is 0 Å². The molecule has 1 aromatic carbocycles. The summed E-state index contributed by atoms with van der Waals surface area (Å²) in [6.45, 7) is 0. The van der Waals surface area contributed by atoms with Gasteiger partial charge in [0.05, 0.1) is 10.3 Å². The van der Waals surface area contributed by atoms with E-state index in [9.17, 15) is 5.11 Å². The van der Waals surface area contributed by atoms with Gasteiger partial charge in [0, 0.05) is 0 Å². The van der Waals surface area contributed by atoms with Crippen molar-refractivity contribution in [3.63, 3.8) is 0 Å². The minimum atomic E-state index is -0.558. The molecule has 0 unspecified atom stereocenters. The highest BCUT2D eigenvalue weighted by Gasteiger charge is 2.42. The molecule has 1 fully saturated rings. The highest BCUT2D eigenvalue weighted by Crippen LogP contribution is 2.45. The maximum absolute atomic E-state index is 9.85. The van der Waals surface area contributed by atoms with E-state index < -0.39 is 5.60 Å². The lowest BCUT2D eigenvalue weighted by atomic mass is 10.1. The first-order valence-corrected chi connectivity index (χ1v) is 5.00. The lowest BCUT2D eigenvalue weighted by Crippen LogP contribution is -2.03. The number of fused-ring (bicyclic) bond motifs is 1. The minimum Gasteiger partial charge on any atom is -0.385 e. The molecule has 1 aromatic heterocycles. The van der Waals surface area contributed by atoms with Crippen molar-refractivity contribution >= 4 is 21.7 Å². The summed E-state index contributed by atoms with van der Waals surface area (Å²) in [4.78, 5) is 0. The molecule has 0 spiro atoms. The van der Waals surface area contributed by atoms with Gasteiger partial charge in [-0.1, -0.05) is 10.6 Å². The van der Waals surface area contributed by atoms with Gasteiger partial charge in [0.1, 0.15) is 5.52 Å². The maximum Gasteiger partial charge on any atom is 0.106 e. The fourth-order valence-electron chi connectivity index (χ4n) is 1.48. The Hall–Kier alpha value is -1.00. The van der Waals surface area contributed by atoms with Crippen LogP contribution in [0.3, 0.4) is 0 Å². The molecule has 0 aliphatic heterocycles. The molecule has 1 saturated carbocycles. The fraction of sp³-hybridized carbons (Fsp3) is 0.333. The molecule has 0 atom stereocenters. The van der Waals surface area contributed by atoms with E-state index in [1.54, 1.807) is 0 Å². The monoisotopic (exact) mass is 192 g/mol. The predicted octanol–water partition coefficient (Wildman–Crippen LogP) is 1.67. The summed E-state index contributed by atoms with van der Waals surface area (Å²) in [7, 11) is 0. The molecule has 13 heavy (non-hydrogen) atoms. The summed E-state index contributed by atoms with van der Waals surface area (Å²) in [5.74, 6) is 0. The number of aromatic nitrogens is 2. The number of benzene rings is 1. The van der Waals surface area contributed by atoms with Gasteiger partial charge in [0.25, 0.3) is 0 Å². The van der Waals surface area contributed by atoms with Crippen LogP contribution >= 0.6 is 11.5 Å². The second kappa shape index (κ2) is 2.27. The highest BCUT2D eigenvalue weighted by molar-refractivity contribution is 7.12. The third kappa shape index (κ3) is 1.06. The standard InChI is InChI=1S/C9H8N2OS/c12-9(3-4-9)6-1-2-8-7(5-6)10-11-13-8/h1-2,5,12H,3-4H2. The van der Waals surface area contributed by atoms with Crippen LogP contribution in [-0.4, -0.2) is 14.7 Å². The quantitative estimate of drug-likeness (QED) is 0.747. The Morgan fingerprint density at radius 3 is 3.00 bits per heavy atom. The molecule has 1 aliphatic carbocycles. The van der Waals surface area contributed by atoms with Crippen LogP contribution in [0.25, 0.3) is 10.2 Å². The van der Waals surface area contributed by atoms with Crippen LogP contribution in [0.5, 0.6) is 0 Å². The van der Waals surface area contributed by atoms with Crippen molar-refractivity contribution in [1.29, 1.82) is 0 Å². The van der Waals surface area contributed by atoms with Crippen LogP contribution in [0.1, 0.15) is 18.4 Å². The number of hydrogen-bond donors (Lipinski definition) is 1. The summed E-state index contributed by atoms with van der Waals surface area (Å²) in [6, 6.07) is 5.88. The Kier molecular flexibility index (Phi) is 1.30. The number of hydrogen-bond acceptors (Lipinski definition) is 4. The van der Waals surface area contributed by atoms with Crippen molar-refractivity contribution in [2.45, 2.75) is 18.4 Å². The zero-order valence-corrected chi connectivity index (χ0v) is 7.71. The van der Waals surface area contributed by atoms with E-state index in [1.807, 2.05) is 18.2 Å². The Bertz CT molecular complexity index is 461. The molecule has 4 heteroatoms. The SMILES string of the molecule is OC1(c2ccc3snnc3c2)CC1. The lowest BCUT2D eigenvalue weighted by molar-refractivity contribution is 0.151. The first-order chi connectivity index (χ1) is 6.28. The van der Waals surface area contributed by atoms with E-state index in [1.165, 1.54) is 11.5 Å². The van der Waals surface area contributed by atoms with E-state index >= 15 is 0 Å². The van der Waals surface area contributed by atoms with E-state index in [4.69, 9.17) is 0 Å². The molecule has 0 saturated heterocycles. The van der Waals surface area contributed by atoms with Crippen LogP contribution in [0.2, 0.25) is 0 Å².